The van der Waals surface area contributed by atoms with Gasteiger partial charge in [0, 0.05) is 29.1 Å². The maximum atomic E-state index is 14.5. The zero-order valence-electron chi connectivity index (χ0n) is 13.6. The molecule has 2 N–H and O–H groups in total. The van der Waals surface area contributed by atoms with Gasteiger partial charge in [0.1, 0.15) is 23.9 Å². The van der Waals surface area contributed by atoms with Crippen LogP contribution in [-0.4, -0.2) is 17.6 Å². The number of ether oxygens (including phenoxy) is 2. The van der Waals surface area contributed by atoms with E-state index < -0.39 is 5.54 Å². The number of hydrogen-bond donors (Lipinski definition) is 1. The number of benzene rings is 2. The largest absolute Gasteiger partial charge is 0.462 e. The summed E-state index contributed by atoms with van der Waals surface area (Å²) >= 11 is 0. The number of pyridine rings is 1. The Balaban J connectivity index is 1.86. The van der Waals surface area contributed by atoms with E-state index in [0.29, 0.717) is 22.6 Å². The Morgan fingerprint density at radius 1 is 1.00 bits per heavy atom. The van der Waals surface area contributed by atoms with Crippen molar-refractivity contribution in [3.8, 4) is 22.6 Å². The predicted octanol–water partition coefficient (Wildman–Crippen LogP) is 3.58. The molecule has 1 atom stereocenters. The molecule has 1 spiro atoms. The van der Waals surface area contributed by atoms with Crippen LogP contribution in [0.4, 0.5) is 4.39 Å². The molecule has 0 fully saturated rings. The van der Waals surface area contributed by atoms with Gasteiger partial charge in [-0.05, 0) is 23.8 Å². The zero-order chi connectivity index (χ0) is 17.7. The number of rotatable bonds is 1. The molecule has 0 saturated carbocycles. The summed E-state index contributed by atoms with van der Waals surface area (Å²) in [5, 5.41) is 0. The van der Waals surface area contributed by atoms with E-state index in [2.05, 4.69) is 9.98 Å². The number of aromatic nitrogens is 1. The van der Waals surface area contributed by atoms with Crippen LogP contribution in [0.15, 0.2) is 65.9 Å². The highest BCUT2D eigenvalue weighted by atomic mass is 19.1. The van der Waals surface area contributed by atoms with Gasteiger partial charge in [0.2, 0.25) is 0 Å². The lowest BCUT2D eigenvalue weighted by Gasteiger charge is -2.35. The molecule has 2 aliphatic heterocycles. The van der Waals surface area contributed by atoms with E-state index in [0.717, 1.165) is 11.1 Å². The number of halogens is 1. The molecule has 5 nitrogen and oxygen atoms in total. The standard InChI is InChI=1S/C20H14FN3O2/c21-15-8-9-23-10-13(15)12-4-3-7-17-18(12)20(11-25-19(22)24-20)14-5-1-2-6-16(14)26-17/h1-10H,11H2,(H2,22,24). The van der Waals surface area contributed by atoms with Gasteiger partial charge < -0.3 is 15.2 Å². The van der Waals surface area contributed by atoms with Crippen LogP contribution in [0.3, 0.4) is 0 Å². The van der Waals surface area contributed by atoms with Crippen molar-refractivity contribution in [1.82, 2.24) is 4.98 Å². The number of fused-ring (bicyclic) bond motifs is 4. The fourth-order valence-electron chi connectivity index (χ4n) is 3.69. The van der Waals surface area contributed by atoms with Crippen LogP contribution in [0.25, 0.3) is 11.1 Å². The molecule has 2 aliphatic rings. The molecular formula is C20H14FN3O2. The van der Waals surface area contributed by atoms with Crippen molar-refractivity contribution < 1.29 is 13.9 Å². The fraction of sp³-hybridized carbons (Fsp3) is 0.100. The quantitative estimate of drug-likeness (QED) is 0.730. The highest BCUT2D eigenvalue weighted by molar-refractivity contribution is 5.81. The van der Waals surface area contributed by atoms with E-state index in [1.165, 1.54) is 18.5 Å². The summed E-state index contributed by atoms with van der Waals surface area (Å²) < 4.78 is 26.2. The first-order valence-electron chi connectivity index (χ1n) is 8.18. The monoisotopic (exact) mass is 347 g/mol. The summed E-state index contributed by atoms with van der Waals surface area (Å²) in [5.74, 6) is 0.927. The van der Waals surface area contributed by atoms with Crippen LogP contribution < -0.4 is 10.5 Å². The van der Waals surface area contributed by atoms with E-state index in [4.69, 9.17) is 15.2 Å². The molecule has 0 aliphatic carbocycles. The number of amidine groups is 1. The Morgan fingerprint density at radius 3 is 2.65 bits per heavy atom. The van der Waals surface area contributed by atoms with Crippen molar-refractivity contribution in [3.63, 3.8) is 0 Å². The lowest BCUT2D eigenvalue weighted by atomic mass is 9.78. The van der Waals surface area contributed by atoms with E-state index in [1.807, 2.05) is 42.5 Å². The molecule has 3 heterocycles. The van der Waals surface area contributed by atoms with E-state index in [-0.39, 0.29) is 18.4 Å². The van der Waals surface area contributed by atoms with Gasteiger partial charge in [0.15, 0.2) is 5.54 Å². The Hall–Kier alpha value is -3.41. The van der Waals surface area contributed by atoms with Gasteiger partial charge in [-0.15, -0.1) is 0 Å². The highest BCUT2D eigenvalue weighted by Crippen LogP contribution is 2.53. The Kier molecular flexibility index (Phi) is 3.03. The van der Waals surface area contributed by atoms with Gasteiger partial charge in [0.05, 0.1) is 0 Å². The molecule has 1 aromatic heterocycles. The predicted molar refractivity (Wildman–Crippen MR) is 94.5 cm³/mol. The summed E-state index contributed by atoms with van der Waals surface area (Å²) in [4.78, 5) is 8.70. The van der Waals surface area contributed by atoms with Crippen LogP contribution in [0.5, 0.6) is 11.5 Å². The number of hydrogen-bond acceptors (Lipinski definition) is 5. The van der Waals surface area contributed by atoms with Crippen LogP contribution >= 0.6 is 0 Å². The first kappa shape index (κ1) is 14.9. The first-order valence-corrected chi connectivity index (χ1v) is 8.18. The van der Waals surface area contributed by atoms with Gasteiger partial charge in [-0.25, -0.2) is 9.38 Å². The van der Waals surface area contributed by atoms with Crippen molar-refractivity contribution in [2.24, 2.45) is 10.7 Å². The number of para-hydroxylation sites is 1. The molecule has 5 rings (SSSR count). The number of nitrogens with zero attached hydrogens (tertiary/aromatic N) is 2. The minimum Gasteiger partial charge on any atom is -0.462 e. The van der Waals surface area contributed by atoms with Crippen LogP contribution in [0.2, 0.25) is 0 Å². The molecule has 3 aromatic rings. The molecular weight excluding hydrogens is 333 g/mol. The molecule has 0 radical (unpaired) electrons. The average Bonchev–Trinajstić information content (AvgIpc) is 3.04. The van der Waals surface area contributed by atoms with Gasteiger partial charge in [0.25, 0.3) is 6.02 Å². The molecule has 6 heteroatoms. The second-order valence-electron chi connectivity index (χ2n) is 6.23. The number of aliphatic imine (C=N–C) groups is 1. The van der Waals surface area contributed by atoms with Crippen molar-refractivity contribution in [2.75, 3.05) is 6.61 Å². The minimum absolute atomic E-state index is 0.106. The summed E-state index contributed by atoms with van der Waals surface area (Å²) in [5.41, 5.74) is 7.60. The van der Waals surface area contributed by atoms with Crippen LogP contribution in [0, 0.1) is 5.82 Å². The van der Waals surface area contributed by atoms with Crippen LogP contribution in [-0.2, 0) is 10.3 Å². The van der Waals surface area contributed by atoms with E-state index in [1.54, 1.807) is 0 Å². The molecule has 0 saturated heterocycles. The van der Waals surface area contributed by atoms with E-state index in [9.17, 15) is 4.39 Å². The Morgan fingerprint density at radius 2 is 1.85 bits per heavy atom. The average molecular weight is 347 g/mol. The Bertz CT molecular complexity index is 1070. The summed E-state index contributed by atoms with van der Waals surface area (Å²) in [7, 11) is 0. The maximum absolute atomic E-state index is 14.5. The Labute approximate surface area is 148 Å². The third-order valence-electron chi connectivity index (χ3n) is 4.78. The first-order chi connectivity index (χ1) is 12.7. The molecule has 0 amide bonds. The highest BCUT2D eigenvalue weighted by Gasteiger charge is 2.48. The van der Waals surface area contributed by atoms with Crippen molar-refractivity contribution >= 4 is 6.02 Å². The molecule has 128 valence electrons. The van der Waals surface area contributed by atoms with Crippen LogP contribution in [0.1, 0.15) is 11.1 Å². The van der Waals surface area contributed by atoms with Gasteiger partial charge >= 0.3 is 0 Å². The lowest BCUT2D eigenvalue weighted by molar-refractivity contribution is 0.265. The minimum atomic E-state index is -0.882. The lowest BCUT2D eigenvalue weighted by Crippen LogP contribution is -2.31. The molecule has 1 unspecified atom stereocenters. The number of nitrogens with two attached hydrogens (primary N) is 1. The topological polar surface area (TPSA) is 69.7 Å². The van der Waals surface area contributed by atoms with Crippen molar-refractivity contribution in [1.29, 1.82) is 0 Å². The molecule has 0 bridgehead atoms. The van der Waals surface area contributed by atoms with Crippen molar-refractivity contribution in [3.05, 3.63) is 77.9 Å². The molecule has 26 heavy (non-hydrogen) atoms. The zero-order valence-corrected chi connectivity index (χ0v) is 13.6. The molecule has 2 aromatic carbocycles. The summed E-state index contributed by atoms with van der Waals surface area (Å²) in [6.07, 6.45) is 2.92. The maximum Gasteiger partial charge on any atom is 0.283 e. The van der Waals surface area contributed by atoms with Gasteiger partial charge in [-0.3, -0.25) is 4.98 Å². The third-order valence-corrected chi connectivity index (χ3v) is 4.78. The fourth-order valence-corrected chi connectivity index (χ4v) is 3.69. The summed E-state index contributed by atoms with van der Waals surface area (Å²) in [6.45, 7) is 0.227. The normalized spacial score (nSPS) is 20.0. The van der Waals surface area contributed by atoms with E-state index >= 15 is 0 Å². The SMILES string of the molecule is NC1=NC2(CO1)c1ccccc1Oc1cccc(-c3cnccc3F)c12. The second-order valence-corrected chi connectivity index (χ2v) is 6.23. The third kappa shape index (κ3) is 1.95. The summed E-state index contributed by atoms with van der Waals surface area (Å²) in [6, 6.07) is 14.6. The van der Waals surface area contributed by atoms with Gasteiger partial charge in [-0.1, -0.05) is 30.3 Å². The van der Waals surface area contributed by atoms with Crippen molar-refractivity contribution in [2.45, 2.75) is 5.54 Å². The smallest absolute Gasteiger partial charge is 0.283 e. The second kappa shape index (κ2) is 5.29. The van der Waals surface area contributed by atoms with Gasteiger partial charge in [-0.2, -0.15) is 0 Å².